The van der Waals surface area contributed by atoms with Gasteiger partial charge in [-0.25, -0.2) is 20.0 Å². The number of ether oxygens (including phenoxy) is 3. The molecule has 1 aliphatic rings. The lowest BCUT2D eigenvalue weighted by Gasteiger charge is -2.37. The van der Waals surface area contributed by atoms with E-state index in [4.69, 9.17) is 14.2 Å². The molecule has 0 bridgehead atoms. The molecule has 3 atom stereocenters. The van der Waals surface area contributed by atoms with Crippen molar-refractivity contribution in [1.29, 1.82) is 0 Å². The fourth-order valence-electron chi connectivity index (χ4n) is 4.90. The van der Waals surface area contributed by atoms with E-state index in [2.05, 4.69) is 20.5 Å². The number of hydrogen-bond acceptors (Lipinski definition) is 11. The third-order valence-electron chi connectivity index (χ3n) is 7.46. The Bertz CT molecular complexity index is 1440. The van der Waals surface area contributed by atoms with Crippen LogP contribution in [-0.4, -0.2) is 115 Å². The molecule has 1 aliphatic heterocycles. The first-order valence-corrected chi connectivity index (χ1v) is 19.2. The highest BCUT2D eigenvalue weighted by atomic mass is 32.1. The number of piperazine rings is 1. The van der Waals surface area contributed by atoms with Gasteiger partial charge in [0, 0.05) is 37.1 Å². The molecular weight excluding hydrogens is 675 g/mol. The SMILES string of the molecule is CCCCOC(=O)N1CCN(C(=O)[C@H](CP(=O)(N[C@@H](C)C(=O)OCC)N[C@@H](C)C(=O)OCC)NC(=O)c2csc(-c3ccccc3)n2)CC1. The number of amides is 3. The standard InChI is InChI=1S/C32H47N6O9PS/c1-6-9-19-47-32(43)38-17-15-37(16-18-38)29(40)25(33-27(39)26-21-49-28(34-26)24-13-11-10-12-14-24)20-48(44,35-22(4)30(41)45-7-2)36-23(5)31(42)46-8-3/h10-14,21-23,25H,6-9,15-20H2,1-5H3,(H,33,39)(H2,35,36,44)/t22-,23-,25-/m0/s1. The first kappa shape index (κ1) is 39.6. The Balaban J connectivity index is 1.89. The van der Waals surface area contributed by atoms with E-state index < -0.39 is 61.6 Å². The van der Waals surface area contributed by atoms with Crippen molar-refractivity contribution >= 4 is 48.6 Å². The van der Waals surface area contributed by atoms with Crippen molar-refractivity contribution in [2.24, 2.45) is 0 Å². The summed E-state index contributed by atoms with van der Waals surface area (Å²) in [6, 6.07) is 5.67. The number of thiazole rings is 1. The van der Waals surface area contributed by atoms with Crippen LogP contribution in [0.15, 0.2) is 35.7 Å². The maximum absolute atomic E-state index is 14.6. The minimum Gasteiger partial charge on any atom is -0.465 e. The molecule has 3 N–H and O–H groups in total. The second-order valence-electron chi connectivity index (χ2n) is 11.3. The lowest BCUT2D eigenvalue weighted by atomic mass is 10.2. The predicted octanol–water partition coefficient (Wildman–Crippen LogP) is 3.26. The molecule has 3 rings (SSSR count). The predicted molar refractivity (Wildman–Crippen MR) is 184 cm³/mol. The summed E-state index contributed by atoms with van der Waals surface area (Å²) in [7, 11) is -4.05. The van der Waals surface area contributed by atoms with Crippen LogP contribution < -0.4 is 15.5 Å². The fourth-order valence-corrected chi connectivity index (χ4v) is 8.21. The Labute approximate surface area is 290 Å². The third-order valence-corrected chi connectivity index (χ3v) is 10.8. The number of rotatable bonds is 17. The van der Waals surface area contributed by atoms with Crippen LogP contribution >= 0.6 is 18.8 Å². The van der Waals surface area contributed by atoms with E-state index in [0.717, 1.165) is 18.4 Å². The van der Waals surface area contributed by atoms with E-state index in [0.29, 0.717) is 11.6 Å². The highest BCUT2D eigenvalue weighted by Gasteiger charge is 2.39. The van der Waals surface area contributed by atoms with E-state index >= 15 is 0 Å². The normalized spacial score (nSPS) is 15.1. The van der Waals surface area contributed by atoms with Gasteiger partial charge in [-0.1, -0.05) is 43.7 Å². The summed E-state index contributed by atoms with van der Waals surface area (Å²) < 4.78 is 30.0. The smallest absolute Gasteiger partial charge is 0.409 e. The second kappa shape index (κ2) is 19.4. The number of nitrogens with one attached hydrogen (secondary N) is 3. The van der Waals surface area contributed by atoms with Crippen molar-refractivity contribution in [2.75, 3.05) is 52.2 Å². The Morgan fingerprint density at radius 3 is 2.00 bits per heavy atom. The van der Waals surface area contributed by atoms with Gasteiger partial charge in [0.25, 0.3) is 5.91 Å². The molecule has 0 radical (unpaired) electrons. The van der Waals surface area contributed by atoms with Gasteiger partial charge in [-0.15, -0.1) is 11.3 Å². The van der Waals surface area contributed by atoms with Gasteiger partial charge in [-0.2, -0.15) is 0 Å². The van der Waals surface area contributed by atoms with Gasteiger partial charge in [0.05, 0.1) is 26.0 Å². The molecule has 1 saturated heterocycles. The fraction of sp³-hybridized carbons (Fsp3) is 0.562. The number of benzene rings is 1. The molecule has 0 saturated carbocycles. The minimum atomic E-state index is -4.05. The molecule has 1 aromatic carbocycles. The number of carbonyl (C=O) groups is 5. The van der Waals surface area contributed by atoms with Crippen LogP contribution in [0.2, 0.25) is 0 Å². The molecule has 0 unspecified atom stereocenters. The summed E-state index contributed by atoms with van der Waals surface area (Å²) in [4.78, 5) is 72.7. The molecular formula is C32H47N6O9PS. The number of hydrogen-bond donors (Lipinski definition) is 3. The topological polar surface area (TPSA) is 186 Å². The molecule has 49 heavy (non-hydrogen) atoms. The minimum absolute atomic E-state index is 0.0526. The van der Waals surface area contributed by atoms with E-state index in [1.165, 1.54) is 35.0 Å². The van der Waals surface area contributed by atoms with Crippen LogP contribution in [0.25, 0.3) is 10.6 Å². The number of unbranched alkanes of at least 4 members (excludes halogenated alkanes) is 1. The number of aromatic nitrogens is 1. The van der Waals surface area contributed by atoms with E-state index in [9.17, 15) is 28.5 Å². The Morgan fingerprint density at radius 1 is 0.878 bits per heavy atom. The average Bonchev–Trinajstić information content (AvgIpc) is 3.59. The van der Waals surface area contributed by atoms with Gasteiger partial charge in [0.15, 0.2) is 0 Å². The quantitative estimate of drug-likeness (QED) is 0.0939. The van der Waals surface area contributed by atoms with Crippen molar-refractivity contribution in [3.8, 4) is 10.6 Å². The zero-order valence-electron chi connectivity index (χ0n) is 28.6. The van der Waals surface area contributed by atoms with Crippen LogP contribution in [0.1, 0.15) is 57.9 Å². The Kier molecular flexibility index (Phi) is 15.6. The second-order valence-corrected chi connectivity index (χ2v) is 14.6. The average molecular weight is 723 g/mol. The van der Waals surface area contributed by atoms with Crippen LogP contribution in [0.3, 0.4) is 0 Å². The van der Waals surface area contributed by atoms with Gasteiger partial charge in [0.2, 0.25) is 13.4 Å². The number of carbonyl (C=O) groups excluding carboxylic acids is 5. The summed E-state index contributed by atoms with van der Waals surface area (Å²) in [6.07, 6.45) is 0.618. The summed E-state index contributed by atoms with van der Waals surface area (Å²) >= 11 is 1.25. The third kappa shape index (κ3) is 11.9. The maximum Gasteiger partial charge on any atom is 0.409 e. The molecule has 2 aromatic rings. The highest BCUT2D eigenvalue weighted by molar-refractivity contribution is 7.60. The molecule has 270 valence electrons. The molecule has 1 fully saturated rings. The zero-order chi connectivity index (χ0) is 36.0. The van der Waals surface area contributed by atoms with Crippen LogP contribution in [-0.2, 0) is 33.2 Å². The van der Waals surface area contributed by atoms with Crippen LogP contribution in [0, 0.1) is 0 Å². The lowest BCUT2D eigenvalue weighted by Crippen LogP contribution is -2.57. The van der Waals surface area contributed by atoms with Gasteiger partial charge in [-0.3, -0.25) is 23.7 Å². The zero-order valence-corrected chi connectivity index (χ0v) is 30.3. The van der Waals surface area contributed by atoms with Gasteiger partial charge in [0.1, 0.15) is 28.8 Å². The van der Waals surface area contributed by atoms with E-state index in [-0.39, 0.29) is 45.1 Å². The van der Waals surface area contributed by atoms with Gasteiger partial charge in [-0.05, 0) is 34.1 Å². The molecule has 15 nitrogen and oxygen atoms in total. The lowest BCUT2D eigenvalue weighted by molar-refractivity contribution is -0.145. The van der Waals surface area contributed by atoms with Crippen molar-refractivity contribution in [1.82, 2.24) is 30.3 Å². The first-order chi connectivity index (χ1) is 23.4. The van der Waals surface area contributed by atoms with E-state index in [1.807, 2.05) is 37.3 Å². The monoisotopic (exact) mass is 722 g/mol. The number of nitrogens with zero attached hydrogens (tertiary/aromatic N) is 3. The Morgan fingerprint density at radius 2 is 1.45 bits per heavy atom. The first-order valence-electron chi connectivity index (χ1n) is 16.4. The maximum atomic E-state index is 14.6. The molecule has 0 spiro atoms. The number of esters is 2. The van der Waals surface area contributed by atoms with Crippen LogP contribution in [0.5, 0.6) is 0 Å². The van der Waals surface area contributed by atoms with Crippen molar-refractivity contribution in [3.05, 3.63) is 41.4 Å². The summed E-state index contributed by atoms with van der Waals surface area (Å²) in [5.41, 5.74) is 0.862. The summed E-state index contributed by atoms with van der Waals surface area (Å²) in [5.74, 6) is -2.64. The molecule has 3 amide bonds. The highest BCUT2D eigenvalue weighted by Crippen LogP contribution is 2.39. The van der Waals surface area contributed by atoms with Gasteiger partial charge < -0.3 is 29.3 Å². The molecule has 17 heteroatoms. The Hall–Kier alpha value is -3.85. The summed E-state index contributed by atoms with van der Waals surface area (Å²) in [5, 5.41) is 10.3. The largest absolute Gasteiger partial charge is 0.465 e. The molecule has 2 heterocycles. The van der Waals surface area contributed by atoms with Crippen molar-refractivity contribution in [2.45, 2.75) is 65.6 Å². The van der Waals surface area contributed by atoms with Crippen LogP contribution in [0.4, 0.5) is 4.79 Å². The molecule has 0 aliphatic carbocycles. The van der Waals surface area contributed by atoms with Gasteiger partial charge >= 0.3 is 18.0 Å². The van der Waals surface area contributed by atoms with E-state index in [1.54, 1.807) is 19.2 Å². The van der Waals surface area contributed by atoms with Crippen molar-refractivity contribution < 1.29 is 42.7 Å². The van der Waals surface area contributed by atoms with Crippen molar-refractivity contribution in [3.63, 3.8) is 0 Å². The summed E-state index contributed by atoms with van der Waals surface area (Å²) in [6.45, 7) is 9.23. The molecule has 1 aromatic heterocycles.